The largest absolute Gasteiger partial charge is 0.573 e. The van der Waals surface area contributed by atoms with Crippen LogP contribution < -0.4 is 10.1 Å². The molecule has 3 rings (SSSR count). The number of pyridine rings is 1. The van der Waals surface area contributed by atoms with Crippen molar-refractivity contribution in [3.05, 3.63) is 54.5 Å². The number of alkyl halides is 3. The maximum Gasteiger partial charge on any atom is 0.573 e. The van der Waals surface area contributed by atoms with Gasteiger partial charge in [-0.25, -0.2) is 9.97 Å². The van der Waals surface area contributed by atoms with Crippen LogP contribution in [0, 0.1) is 11.3 Å². The SMILES string of the molecule is N#Cc1ccc(Nc2ncc(-c3ccc(OC(F)(F)F)cc3)o2)cn1. The molecule has 1 N–H and O–H groups in total. The summed E-state index contributed by atoms with van der Waals surface area (Å²) in [6.45, 7) is 0. The number of nitrogens with zero attached hydrogens (tertiary/aromatic N) is 3. The first-order valence-electron chi connectivity index (χ1n) is 6.88. The third kappa shape index (κ3) is 4.26. The molecule has 1 aromatic carbocycles. The van der Waals surface area contributed by atoms with E-state index >= 15 is 0 Å². The average Bonchev–Trinajstić information content (AvgIpc) is 3.03. The summed E-state index contributed by atoms with van der Waals surface area (Å²) in [6, 6.07) is 10.5. The van der Waals surface area contributed by atoms with Gasteiger partial charge in [0.2, 0.25) is 0 Å². The molecule has 0 aliphatic carbocycles. The molecule has 2 heterocycles. The fourth-order valence-electron chi connectivity index (χ4n) is 1.94. The van der Waals surface area contributed by atoms with Gasteiger partial charge in [0, 0.05) is 5.56 Å². The van der Waals surface area contributed by atoms with Crippen molar-refractivity contribution >= 4 is 11.7 Å². The Balaban J connectivity index is 1.71. The van der Waals surface area contributed by atoms with E-state index in [2.05, 4.69) is 20.0 Å². The summed E-state index contributed by atoms with van der Waals surface area (Å²) in [4.78, 5) is 7.93. The van der Waals surface area contributed by atoms with Gasteiger partial charge < -0.3 is 14.5 Å². The molecule has 126 valence electrons. The first-order chi connectivity index (χ1) is 11.9. The van der Waals surface area contributed by atoms with E-state index < -0.39 is 6.36 Å². The Morgan fingerprint density at radius 1 is 1.04 bits per heavy atom. The van der Waals surface area contributed by atoms with Crippen molar-refractivity contribution in [2.75, 3.05) is 5.32 Å². The van der Waals surface area contributed by atoms with Gasteiger partial charge in [-0.1, -0.05) is 0 Å². The predicted molar refractivity (Wildman–Crippen MR) is 80.9 cm³/mol. The van der Waals surface area contributed by atoms with Gasteiger partial charge in [0.1, 0.15) is 17.5 Å². The van der Waals surface area contributed by atoms with Gasteiger partial charge in [-0.3, -0.25) is 0 Å². The van der Waals surface area contributed by atoms with Crippen LogP contribution in [0.5, 0.6) is 5.75 Å². The van der Waals surface area contributed by atoms with Crippen LogP contribution in [-0.4, -0.2) is 16.3 Å². The van der Waals surface area contributed by atoms with Crippen molar-refractivity contribution in [1.82, 2.24) is 9.97 Å². The molecule has 0 spiro atoms. The van der Waals surface area contributed by atoms with E-state index in [1.54, 1.807) is 6.07 Å². The van der Waals surface area contributed by atoms with E-state index in [1.807, 2.05) is 6.07 Å². The molecule has 0 aliphatic heterocycles. The molecule has 0 unspecified atom stereocenters. The number of rotatable bonds is 4. The molecule has 0 fully saturated rings. The van der Waals surface area contributed by atoms with Crippen LogP contribution in [0.25, 0.3) is 11.3 Å². The number of anilines is 2. The van der Waals surface area contributed by atoms with Crippen LogP contribution in [0.4, 0.5) is 24.9 Å². The van der Waals surface area contributed by atoms with E-state index in [1.165, 1.54) is 42.7 Å². The molecule has 0 aliphatic rings. The number of nitriles is 1. The monoisotopic (exact) mass is 346 g/mol. The summed E-state index contributed by atoms with van der Waals surface area (Å²) >= 11 is 0. The zero-order valence-corrected chi connectivity index (χ0v) is 12.4. The summed E-state index contributed by atoms with van der Waals surface area (Å²) < 4.78 is 45.7. The number of hydrogen-bond acceptors (Lipinski definition) is 6. The minimum absolute atomic E-state index is 0.178. The van der Waals surface area contributed by atoms with Gasteiger partial charge in [-0.05, 0) is 36.4 Å². The van der Waals surface area contributed by atoms with E-state index in [9.17, 15) is 13.2 Å². The van der Waals surface area contributed by atoms with Crippen LogP contribution in [0.15, 0.2) is 53.2 Å². The Morgan fingerprint density at radius 3 is 2.40 bits per heavy atom. The quantitative estimate of drug-likeness (QED) is 0.760. The second-order valence-corrected chi connectivity index (χ2v) is 4.77. The van der Waals surface area contributed by atoms with Crippen LogP contribution in [0.1, 0.15) is 5.69 Å². The number of nitrogens with one attached hydrogen (secondary N) is 1. The Kier molecular flexibility index (Phi) is 4.26. The average molecular weight is 346 g/mol. The van der Waals surface area contributed by atoms with E-state index in [0.29, 0.717) is 17.0 Å². The molecule has 0 amide bonds. The molecular weight excluding hydrogens is 337 g/mol. The number of hydrogen-bond donors (Lipinski definition) is 1. The lowest BCUT2D eigenvalue weighted by Gasteiger charge is -2.08. The topological polar surface area (TPSA) is 84.0 Å². The Labute approximate surface area is 139 Å². The third-order valence-electron chi connectivity index (χ3n) is 3.01. The lowest BCUT2D eigenvalue weighted by atomic mass is 10.2. The fourth-order valence-corrected chi connectivity index (χ4v) is 1.94. The van der Waals surface area contributed by atoms with E-state index in [4.69, 9.17) is 9.68 Å². The van der Waals surface area contributed by atoms with E-state index in [-0.39, 0.29) is 17.5 Å². The van der Waals surface area contributed by atoms with Crippen molar-refractivity contribution in [3.8, 4) is 23.1 Å². The van der Waals surface area contributed by atoms with Gasteiger partial charge in [0.15, 0.2) is 5.76 Å². The van der Waals surface area contributed by atoms with Crippen molar-refractivity contribution in [2.45, 2.75) is 6.36 Å². The zero-order chi connectivity index (χ0) is 17.9. The highest BCUT2D eigenvalue weighted by Crippen LogP contribution is 2.28. The number of benzene rings is 1. The minimum atomic E-state index is -4.74. The molecule has 25 heavy (non-hydrogen) atoms. The summed E-state index contributed by atoms with van der Waals surface area (Å²) in [6.07, 6.45) is -1.86. The van der Waals surface area contributed by atoms with Crippen molar-refractivity contribution in [2.24, 2.45) is 0 Å². The van der Waals surface area contributed by atoms with Gasteiger partial charge in [-0.2, -0.15) is 5.26 Å². The van der Waals surface area contributed by atoms with Crippen molar-refractivity contribution in [3.63, 3.8) is 0 Å². The molecule has 0 bridgehead atoms. The first-order valence-corrected chi connectivity index (χ1v) is 6.88. The van der Waals surface area contributed by atoms with Crippen molar-refractivity contribution in [1.29, 1.82) is 5.26 Å². The normalized spacial score (nSPS) is 11.0. The first kappa shape index (κ1) is 16.3. The van der Waals surface area contributed by atoms with Crippen LogP contribution in [-0.2, 0) is 0 Å². The zero-order valence-electron chi connectivity index (χ0n) is 12.4. The second-order valence-electron chi connectivity index (χ2n) is 4.77. The molecule has 6 nitrogen and oxygen atoms in total. The number of ether oxygens (including phenoxy) is 1. The van der Waals surface area contributed by atoms with Crippen molar-refractivity contribution < 1.29 is 22.3 Å². The minimum Gasteiger partial charge on any atom is -0.423 e. The molecule has 0 atom stereocenters. The molecular formula is C16H9F3N4O2. The lowest BCUT2D eigenvalue weighted by molar-refractivity contribution is -0.274. The van der Waals surface area contributed by atoms with Gasteiger partial charge >= 0.3 is 6.36 Å². The molecule has 0 radical (unpaired) electrons. The van der Waals surface area contributed by atoms with Crippen LogP contribution >= 0.6 is 0 Å². The van der Waals surface area contributed by atoms with Gasteiger partial charge in [0.25, 0.3) is 6.01 Å². The summed E-state index contributed by atoms with van der Waals surface area (Å²) in [5.41, 5.74) is 1.38. The summed E-state index contributed by atoms with van der Waals surface area (Å²) in [5.74, 6) is 0.0421. The Morgan fingerprint density at radius 2 is 1.80 bits per heavy atom. The highest BCUT2D eigenvalue weighted by atomic mass is 19.4. The summed E-state index contributed by atoms with van der Waals surface area (Å²) in [7, 11) is 0. The maximum absolute atomic E-state index is 12.1. The highest BCUT2D eigenvalue weighted by Gasteiger charge is 2.31. The summed E-state index contributed by atoms with van der Waals surface area (Å²) in [5, 5.41) is 11.6. The fraction of sp³-hybridized carbons (Fsp3) is 0.0625. The number of aromatic nitrogens is 2. The number of oxazole rings is 1. The molecule has 9 heteroatoms. The highest BCUT2D eigenvalue weighted by molar-refractivity contribution is 5.60. The smallest absolute Gasteiger partial charge is 0.423 e. The lowest BCUT2D eigenvalue weighted by Crippen LogP contribution is -2.16. The molecule has 2 aromatic heterocycles. The van der Waals surface area contributed by atoms with Gasteiger partial charge in [0.05, 0.1) is 18.1 Å². The van der Waals surface area contributed by atoms with E-state index in [0.717, 1.165) is 0 Å². The van der Waals surface area contributed by atoms with Crippen LogP contribution in [0.3, 0.4) is 0 Å². The Hall–Kier alpha value is -3.54. The third-order valence-corrected chi connectivity index (χ3v) is 3.01. The molecule has 0 saturated heterocycles. The van der Waals surface area contributed by atoms with Gasteiger partial charge in [-0.15, -0.1) is 13.2 Å². The van der Waals surface area contributed by atoms with Crippen LogP contribution in [0.2, 0.25) is 0 Å². The molecule has 3 aromatic rings. The molecule has 0 saturated carbocycles. The predicted octanol–water partition coefficient (Wildman–Crippen LogP) is 4.25. The number of halogens is 3. The standard InChI is InChI=1S/C16H9F3N4O2/c17-16(18,19)25-13-5-1-10(2-6-13)14-9-22-15(24-14)23-12-4-3-11(7-20)21-8-12/h1-6,8-9H,(H,22,23). The Bertz CT molecular complexity index is 897. The maximum atomic E-state index is 12.1. The second kappa shape index (κ2) is 6.52.